The van der Waals surface area contributed by atoms with E-state index >= 15 is 8.78 Å². The highest BCUT2D eigenvalue weighted by Gasteiger charge is 3.03. The molecule has 0 spiro atoms. The Bertz CT molecular complexity index is 4150. The van der Waals surface area contributed by atoms with Crippen LogP contribution in [-0.2, 0) is 9.84 Å². The van der Waals surface area contributed by atoms with E-state index in [4.69, 9.17) is 23.7 Å². The third kappa shape index (κ3) is 11.4. The van der Waals surface area contributed by atoms with Gasteiger partial charge in [0, 0.05) is 0 Å². The molecular formula is C69H47F7O9S. The molecule has 0 aliphatic heterocycles. The van der Waals surface area contributed by atoms with Crippen LogP contribution >= 0.6 is 0 Å². The highest BCUT2D eigenvalue weighted by atomic mass is 32.2. The van der Waals surface area contributed by atoms with Gasteiger partial charge in [-0.25, -0.2) is 8.42 Å². The van der Waals surface area contributed by atoms with Crippen molar-refractivity contribution < 1.29 is 72.3 Å². The summed E-state index contributed by atoms with van der Waals surface area (Å²) in [5.41, 5.74) is 6.66. The molecule has 17 heteroatoms. The van der Waals surface area contributed by atoms with Gasteiger partial charge >= 0.3 is 29.6 Å². The Morgan fingerprint density at radius 3 is 0.953 bits per heavy atom. The zero-order chi connectivity index (χ0) is 60.3. The summed E-state index contributed by atoms with van der Waals surface area (Å²) in [6.07, 6.45) is 2.40. The van der Waals surface area contributed by atoms with E-state index in [-0.39, 0.29) is 15.5 Å². The van der Waals surface area contributed by atoms with Crippen molar-refractivity contribution in [2.24, 2.45) is 0 Å². The number of rotatable bonds is 20. The molecule has 1 aliphatic rings. The third-order valence-corrected chi connectivity index (χ3v) is 15.9. The minimum absolute atomic E-state index is 0.0666. The quantitative estimate of drug-likeness (QED) is 0.0546. The molecule has 2 unspecified atom stereocenters. The first-order chi connectivity index (χ1) is 41.3. The summed E-state index contributed by atoms with van der Waals surface area (Å²) in [4.78, 5) is 0.190. The van der Waals surface area contributed by atoms with E-state index in [1.807, 2.05) is 60.7 Å². The number of hydrogen-bond donors (Lipinski definition) is 0. The van der Waals surface area contributed by atoms with Gasteiger partial charge in [-0.1, -0.05) is 122 Å². The number of hydrogen-bond acceptors (Lipinski definition) is 9. The molecule has 9 nitrogen and oxygen atoms in total. The molecule has 1 aliphatic carbocycles. The molecule has 0 saturated heterocycles. The second-order valence-corrected chi connectivity index (χ2v) is 21.5. The number of alkyl halides is 6. The van der Waals surface area contributed by atoms with E-state index < -0.39 is 50.9 Å². The van der Waals surface area contributed by atoms with Gasteiger partial charge in [0.05, 0.1) is 16.9 Å². The molecule has 432 valence electrons. The average molecular weight is 1190 g/mol. The molecule has 0 N–H and O–H groups in total. The number of ether oxygens (including phenoxy) is 7. The number of benzene rings is 10. The second-order valence-electron chi connectivity index (χ2n) is 19.5. The van der Waals surface area contributed by atoms with Crippen LogP contribution in [0.3, 0.4) is 0 Å². The predicted molar refractivity (Wildman–Crippen MR) is 312 cm³/mol. The molecule has 2 atom stereocenters. The first kappa shape index (κ1) is 57.6. The van der Waals surface area contributed by atoms with Gasteiger partial charge in [-0.15, -0.1) is 0 Å². The first-order valence-corrected chi connectivity index (χ1v) is 27.8. The zero-order valence-corrected chi connectivity index (χ0v) is 46.0. The molecule has 10 aromatic carbocycles. The van der Waals surface area contributed by atoms with Gasteiger partial charge in [0.1, 0.15) is 51.7 Å². The van der Waals surface area contributed by atoms with Crippen molar-refractivity contribution in [2.45, 2.75) is 33.3 Å². The van der Waals surface area contributed by atoms with Crippen LogP contribution in [0, 0.1) is 0 Å². The Labute approximate surface area is 489 Å². The van der Waals surface area contributed by atoms with Gasteiger partial charge in [-0.2, -0.15) is 30.7 Å². The van der Waals surface area contributed by atoms with E-state index in [2.05, 4.69) is 16.1 Å². The largest absolute Gasteiger partial charge is 0.497 e. The predicted octanol–water partition coefficient (Wildman–Crippen LogP) is 18.7. The van der Waals surface area contributed by atoms with Crippen molar-refractivity contribution in [3.63, 3.8) is 0 Å². The minimum Gasteiger partial charge on any atom is -0.497 e. The van der Waals surface area contributed by atoms with Crippen LogP contribution in [0.25, 0.3) is 50.6 Å². The summed E-state index contributed by atoms with van der Waals surface area (Å²) in [5, 5.41) is 0. The number of sulfone groups is 1. The molecule has 0 amide bonds. The van der Waals surface area contributed by atoms with E-state index in [1.54, 1.807) is 98.1 Å². The van der Waals surface area contributed by atoms with Crippen LogP contribution in [0.5, 0.6) is 51.7 Å². The monoisotopic (exact) mass is 1180 g/mol. The SMILES string of the molecule is C=Cc1ccc(-c2ccc(OC3(F)C(F)(F)C(F)(F)C3(F)Oc3ccc(-c4ccc(O/C(F)=C/Oc5ccc(-c6ccc(Oc7ccc(S(=O)(=O)c8ccc(Oc9ccc(-c%10ccc(OC)cc%10)cc9)cc8)cc7)cc6)cc5)cc4)cc3)cc2)cc1. The molecule has 11 rings (SSSR count). The maximum Gasteiger partial charge on any atom is 0.395 e. The minimum atomic E-state index is -5.63. The lowest BCUT2D eigenvalue weighted by molar-refractivity contribution is -0.527. The Morgan fingerprint density at radius 2 is 0.640 bits per heavy atom. The van der Waals surface area contributed by atoms with Crippen LogP contribution in [0.4, 0.5) is 30.7 Å². The van der Waals surface area contributed by atoms with Gasteiger partial charge in [-0.05, 0) is 184 Å². The highest BCUT2D eigenvalue weighted by molar-refractivity contribution is 7.91. The van der Waals surface area contributed by atoms with Crippen LogP contribution < -0.4 is 33.2 Å². The third-order valence-electron chi connectivity index (χ3n) is 14.1. The molecule has 10 aromatic rings. The lowest BCUT2D eigenvalue weighted by Crippen LogP contribution is -2.89. The van der Waals surface area contributed by atoms with Crippen LogP contribution in [0.1, 0.15) is 5.56 Å². The summed E-state index contributed by atoms with van der Waals surface area (Å²) in [6.45, 7) is 3.68. The zero-order valence-electron chi connectivity index (χ0n) is 45.2. The summed E-state index contributed by atoms with van der Waals surface area (Å²) in [7, 11) is -2.23. The maximum absolute atomic E-state index is 16.0. The van der Waals surface area contributed by atoms with Gasteiger partial charge in [-0.3, -0.25) is 0 Å². The molecular weight excluding hydrogens is 1140 g/mol. The maximum atomic E-state index is 16.0. The smallest absolute Gasteiger partial charge is 0.395 e. The summed E-state index contributed by atoms with van der Waals surface area (Å²) >= 11 is 0. The molecule has 0 aromatic heterocycles. The lowest BCUT2D eigenvalue weighted by atomic mass is 9.76. The lowest BCUT2D eigenvalue weighted by Gasteiger charge is -2.55. The fraction of sp³-hybridized carbons (Fsp3) is 0.0725. The fourth-order valence-corrected chi connectivity index (χ4v) is 10.5. The standard InChI is InChI=1S/C69H47F7O9S/c1-3-45-4-6-46(7-5-45)52-18-32-61(33-19-52)84-68(75)66(71,72)67(73,74)69(68,76)85-62-34-20-53(21-35-62)51-16-30-60(31-17-51)83-65(70)44-80-55-24-10-48(11-25-55)50-14-28-57(29-15-50)82-59-38-42-64(43-39-59)86(77,78)63-40-36-58(37-41-63)81-56-26-12-49(13-27-56)47-8-22-54(79-2)23-9-47/h3-44H,1H2,2H3/b65-44+. The average Bonchev–Trinajstić information content (AvgIpc) is 0.660. The van der Waals surface area contributed by atoms with Gasteiger partial charge in [0.15, 0.2) is 6.26 Å². The van der Waals surface area contributed by atoms with E-state index in [0.717, 1.165) is 64.1 Å². The Hall–Kier alpha value is -10.3. The van der Waals surface area contributed by atoms with Gasteiger partial charge in [0.25, 0.3) is 0 Å². The summed E-state index contributed by atoms with van der Waals surface area (Å²) in [6, 6.07) is 62.8. The van der Waals surface area contributed by atoms with Crippen molar-refractivity contribution in [1.29, 1.82) is 0 Å². The van der Waals surface area contributed by atoms with Crippen molar-refractivity contribution in [2.75, 3.05) is 7.11 Å². The van der Waals surface area contributed by atoms with Crippen LogP contribution in [-0.4, -0.2) is 39.1 Å². The van der Waals surface area contributed by atoms with Gasteiger partial charge in [0.2, 0.25) is 9.84 Å². The Morgan fingerprint density at radius 1 is 0.372 bits per heavy atom. The molecule has 1 fully saturated rings. The van der Waals surface area contributed by atoms with E-state index in [9.17, 15) is 30.4 Å². The van der Waals surface area contributed by atoms with Crippen molar-refractivity contribution in [3.8, 4) is 96.3 Å². The topological polar surface area (TPSA) is 98.8 Å². The fourth-order valence-electron chi connectivity index (χ4n) is 9.26. The summed E-state index contributed by atoms with van der Waals surface area (Å²) in [5.74, 6) is -19.3. The number of halogens is 7. The molecule has 86 heavy (non-hydrogen) atoms. The molecule has 1 saturated carbocycles. The van der Waals surface area contributed by atoms with Crippen molar-refractivity contribution >= 4 is 15.9 Å². The Balaban J connectivity index is 0.640. The van der Waals surface area contributed by atoms with Gasteiger partial charge < -0.3 is 33.2 Å². The molecule has 0 bridgehead atoms. The van der Waals surface area contributed by atoms with E-state index in [1.165, 1.54) is 72.8 Å². The van der Waals surface area contributed by atoms with E-state index in [0.29, 0.717) is 51.0 Å². The molecule has 0 radical (unpaired) electrons. The Kier molecular flexibility index (Phi) is 15.7. The highest BCUT2D eigenvalue weighted by Crippen LogP contribution is 2.68. The molecule has 0 heterocycles. The number of methoxy groups -OCH3 is 1. The normalized spacial score (nSPS) is 16.9. The second kappa shape index (κ2) is 23.4. The van der Waals surface area contributed by atoms with Crippen molar-refractivity contribution in [1.82, 2.24) is 0 Å². The van der Waals surface area contributed by atoms with Crippen LogP contribution in [0.15, 0.2) is 271 Å². The summed E-state index contributed by atoms with van der Waals surface area (Å²) < 4.78 is 170. The first-order valence-electron chi connectivity index (χ1n) is 26.4. The van der Waals surface area contributed by atoms with Crippen LogP contribution in [0.2, 0.25) is 0 Å². The van der Waals surface area contributed by atoms with Crippen molar-refractivity contribution in [3.05, 3.63) is 267 Å².